The lowest BCUT2D eigenvalue weighted by Gasteiger charge is -2.34. The summed E-state index contributed by atoms with van der Waals surface area (Å²) < 4.78 is 7.24. The Morgan fingerprint density at radius 2 is 2.21 bits per heavy atom. The van der Waals surface area contributed by atoms with Crippen LogP contribution in [0.4, 0.5) is 0 Å². The Morgan fingerprint density at radius 1 is 1.36 bits per heavy atom. The zero-order chi connectivity index (χ0) is 19.5. The average molecular weight is 397 g/mol. The van der Waals surface area contributed by atoms with E-state index in [2.05, 4.69) is 38.1 Å². The fourth-order valence-corrected chi connectivity index (χ4v) is 4.39. The van der Waals surface area contributed by atoms with Gasteiger partial charge in [-0.15, -0.1) is 11.3 Å². The van der Waals surface area contributed by atoms with Gasteiger partial charge in [0.05, 0.1) is 36.2 Å². The predicted molar refractivity (Wildman–Crippen MR) is 108 cm³/mol. The molecule has 146 valence electrons. The number of aryl methyl sites for hydroxylation is 1. The molecule has 1 amide bonds. The number of hydrogen-bond acceptors (Lipinski definition) is 5. The van der Waals surface area contributed by atoms with Crippen molar-refractivity contribution >= 4 is 17.2 Å². The molecule has 1 aromatic carbocycles. The highest BCUT2D eigenvalue weighted by molar-refractivity contribution is 7.09. The second-order valence-electron chi connectivity index (χ2n) is 7.04. The molecule has 6 nitrogen and oxygen atoms in total. The van der Waals surface area contributed by atoms with Crippen molar-refractivity contribution in [3.63, 3.8) is 0 Å². The van der Waals surface area contributed by atoms with E-state index in [0.29, 0.717) is 32.7 Å². The maximum Gasteiger partial charge on any atom is 0.225 e. The minimum atomic E-state index is 0.0474. The summed E-state index contributed by atoms with van der Waals surface area (Å²) in [6.07, 6.45) is 4.24. The van der Waals surface area contributed by atoms with Crippen molar-refractivity contribution in [2.75, 3.05) is 20.3 Å². The highest BCUT2D eigenvalue weighted by Gasteiger charge is 2.31. The van der Waals surface area contributed by atoms with Crippen LogP contribution in [0.5, 0.6) is 0 Å². The summed E-state index contributed by atoms with van der Waals surface area (Å²) in [5.41, 5.74) is 3.47. The topological polar surface area (TPSA) is 60.2 Å². The zero-order valence-electron chi connectivity index (χ0n) is 16.2. The normalized spacial score (nSPS) is 16.2. The molecule has 7 heteroatoms. The van der Waals surface area contributed by atoms with Gasteiger partial charge in [0.2, 0.25) is 5.91 Å². The highest BCUT2D eigenvalue weighted by atomic mass is 32.1. The van der Waals surface area contributed by atoms with Gasteiger partial charge in [0.15, 0.2) is 0 Å². The monoisotopic (exact) mass is 396 g/mol. The third kappa shape index (κ3) is 3.86. The molecule has 1 aliphatic heterocycles. The molecule has 28 heavy (non-hydrogen) atoms. The molecule has 0 spiro atoms. The number of ether oxygens (including phenoxy) is 1. The Hall–Kier alpha value is -2.51. The first-order valence-electron chi connectivity index (χ1n) is 9.42. The predicted octanol–water partition coefficient (Wildman–Crippen LogP) is 3.21. The van der Waals surface area contributed by atoms with Crippen LogP contribution in [-0.4, -0.2) is 45.6 Å². The average Bonchev–Trinajstić information content (AvgIpc) is 3.34. The molecule has 0 radical (unpaired) electrons. The van der Waals surface area contributed by atoms with Gasteiger partial charge >= 0.3 is 0 Å². The Labute approximate surface area is 168 Å². The van der Waals surface area contributed by atoms with Gasteiger partial charge in [0.1, 0.15) is 5.82 Å². The fraction of sp³-hybridized carbons (Fsp3) is 0.381. The molecule has 0 saturated carbocycles. The molecule has 3 aromatic rings. The Kier molecular flexibility index (Phi) is 5.54. The molecule has 0 bridgehead atoms. The maximum atomic E-state index is 12.7. The number of imidazole rings is 1. The van der Waals surface area contributed by atoms with E-state index in [9.17, 15) is 4.79 Å². The minimum absolute atomic E-state index is 0.0474. The molecular weight excluding hydrogens is 372 g/mol. The number of amides is 1. The number of benzene rings is 1. The van der Waals surface area contributed by atoms with E-state index in [1.807, 2.05) is 30.3 Å². The number of fused-ring (bicyclic) bond motifs is 1. The maximum absolute atomic E-state index is 12.7. The van der Waals surface area contributed by atoms with Crippen LogP contribution in [0.2, 0.25) is 0 Å². The van der Waals surface area contributed by atoms with Crippen LogP contribution in [-0.2, 0) is 22.6 Å². The van der Waals surface area contributed by atoms with E-state index < -0.39 is 0 Å². The van der Waals surface area contributed by atoms with Gasteiger partial charge in [0.25, 0.3) is 0 Å². The van der Waals surface area contributed by atoms with Crippen molar-refractivity contribution in [2.24, 2.45) is 0 Å². The SMILES string of the molecule is COCCC(=O)N1Cc2ccccc2[C@H](c2nccn2Cc2csc(C)n2)C1. The van der Waals surface area contributed by atoms with Gasteiger partial charge in [-0.3, -0.25) is 4.79 Å². The molecule has 1 atom stereocenters. The summed E-state index contributed by atoms with van der Waals surface area (Å²) >= 11 is 1.66. The number of aromatic nitrogens is 3. The van der Waals surface area contributed by atoms with Crippen LogP contribution in [0.15, 0.2) is 42.0 Å². The number of carbonyl (C=O) groups is 1. The molecule has 4 rings (SSSR count). The molecule has 0 fully saturated rings. The van der Waals surface area contributed by atoms with Crippen LogP contribution in [0.1, 0.15) is 40.0 Å². The smallest absolute Gasteiger partial charge is 0.225 e. The standard InChI is InChI=1S/C21H24N4O2S/c1-15-23-17(14-28-15)12-24-9-8-22-21(24)19-13-25(20(26)7-10-27-2)11-16-5-3-4-6-18(16)19/h3-6,8-9,14,19H,7,10-13H2,1-2H3/t19-/m1/s1. The van der Waals surface area contributed by atoms with Gasteiger partial charge in [-0.05, 0) is 18.1 Å². The first-order chi connectivity index (χ1) is 13.7. The van der Waals surface area contributed by atoms with Crippen LogP contribution >= 0.6 is 11.3 Å². The van der Waals surface area contributed by atoms with Gasteiger partial charge in [-0.2, -0.15) is 0 Å². The number of thiazole rings is 1. The molecule has 3 heterocycles. The van der Waals surface area contributed by atoms with E-state index in [-0.39, 0.29) is 11.8 Å². The van der Waals surface area contributed by atoms with E-state index in [1.54, 1.807) is 18.4 Å². The Bertz CT molecular complexity index is 965. The summed E-state index contributed by atoms with van der Waals surface area (Å²) in [5.74, 6) is 1.14. The van der Waals surface area contributed by atoms with Crippen molar-refractivity contribution in [2.45, 2.75) is 32.4 Å². The van der Waals surface area contributed by atoms with Crippen molar-refractivity contribution < 1.29 is 9.53 Å². The van der Waals surface area contributed by atoms with Gasteiger partial charge in [0, 0.05) is 38.0 Å². The van der Waals surface area contributed by atoms with E-state index in [1.165, 1.54) is 11.1 Å². The quantitative estimate of drug-likeness (QED) is 0.642. The number of methoxy groups -OCH3 is 1. The second-order valence-corrected chi connectivity index (χ2v) is 8.10. The zero-order valence-corrected chi connectivity index (χ0v) is 17.0. The van der Waals surface area contributed by atoms with Crippen LogP contribution in [0.25, 0.3) is 0 Å². The highest BCUT2D eigenvalue weighted by Crippen LogP contribution is 2.33. The minimum Gasteiger partial charge on any atom is -0.384 e. The molecule has 0 aliphatic carbocycles. The van der Waals surface area contributed by atoms with E-state index >= 15 is 0 Å². The Balaban J connectivity index is 1.64. The number of nitrogens with zero attached hydrogens (tertiary/aromatic N) is 4. The van der Waals surface area contributed by atoms with Crippen LogP contribution in [0.3, 0.4) is 0 Å². The van der Waals surface area contributed by atoms with Crippen LogP contribution < -0.4 is 0 Å². The number of carbonyl (C=O) groups excluding carboxylic acids is 1. The fourth-order valence-electron chi connectivity index (χ4n) is 3.79. The molecule has 0 N–H and O–H groups in total. The summed E-state index contributed by atoms with van der Waals surface area (Å²) in [4.78, 5) is 23.9. The van der Waals surface area contributed by atoms with Crippen molar-refractivity contribution in [1.29, 1.82) is 0 Å². The molecule has 0 saturated heterocycles. The molecule has 0 unspecified atom stereocenters. The van der Waals surface area contributed by atoms with E-state index in [0.717, 1.165) is 16.5 Å². The van der Waals surface area contributed by atoms with Gasteiger partial charge < -0.3 is 14.2 Å². The summed E-state index contributed by atoms with van der Waals surface area (Å²) in [6.45, 7) is 4.42. The molecule has 2 aromatic heterocycles. The third-order valence-electron chi connectivity index (χ3n) is 5.13. The summed E-state index contributed by atoms with van der Waals surface area (Å²) in [7, 11) is 1.62. The lowest BCUT2D eigenvalue weighted by Crippen LogP contribution is -2.39. The Morgan fingerprint density at radius 3 is 3.00 bits per heavy atom. The first kappa shape index (κ1) is 18.8. The largest absolute Gasteiger partial charge is 0.384 e. The van der Waals surface area contributed by atoms with Gasteiger partial charge in [-0.1, -0.05) is 24.3 Å². The first-order valence-corrected chi connectivity index (χ1v) is 10.3. The molecule has 1 aliphatic rings. The van der Waals surface area contributed by atoms with Crippen molar-refractivity contribution in [1.82, 2.24) is 19.4 Å². The third-order valence-corrected chi connectivity index (χ3v) is 5.95. The van der Waals surface area contributed by atoms with Crippen LogP contribution in [0, 0.1) is 6.92 Å². The van der Waals surface area contributed by atoms with Crippen molar-refractivity contribution in [3.8, 4) is 0 Å². The number of rotatable bonds is 6. The van der Waals surface area contributed by atoms with Gasteiger partial charge in [-0.25, -0.2) is 9.97 Å². The lowest BCUT2D eigenvalue weighted by atomic mass is 9.88. The van der Waals surface area contributed by atoms with E-state index in [4.69, 9.17) is 4.74 Å². The van der Waals surface area contributed by atoms with Crippen molar-refractivity contribution in [3.05, 3.63) is 69.7 Å². The number of hydrogen-bond donors (Lipinski definition) is 0. The lowest BCUT2D eigenvalue weighted by molar-refractivity contribution is -0.133. The summed E-state index contributed by atoms with van der Waals surface area (Å²) in [6, 6.07) is 8.35. The molecular formula is C21H24N4O2S. The summed E-state index contributed by atoms with van der Waals surface area (Å²) in [5, 5.41) is 3.16. The second kappa shape index (κ2) is 8.24.